The number of rotatable bonds is 8. The van der Waals surface area contributed by atoms with E-state index in [9.17, 15) is 48.7 Å². The van der Waals surface area contributed by atoms with Crippen molar-refractivity contribution in [1.82, 2.24) is 0 Å². The molecule has 5 aliphatic rings. The molecule has 0 spiro atoms. The van der Waals surface area contributed by atoms with E-state index >= 15 is 4.39 Å². The highest BCUT2D eigenvalue weighted by atomic mass is 32.2. The predicted molar refractivity (Wildman–Crippen MR) is 107 cm³/mol. The molecule has 39 heavy (non-hydrogen) atoms. The lowest BCUT2D eigenvalue weighted by atomic mass is 9.52. The molecule has 5 rings (SSSR count). The largest absolute Gasteiger partial charge is 0.458 e. The van der Waals surface area contributed by atoms with E-state index < -0.39 is 82.1 Å². The molecule has 18 heteroatoms. The second kappa shape index (κ2) is 8.70. The molecule has 5 aliphatic carbocycles. The van der Waals surface area contributed by atoms with Crippen molar-refractivity contribution in [1.29, 1.82) is 0 Å². The molecule has 0 aromatic heterocycles. The van der Waals surface area contributed by atoms with Gasteiger partial charge >= 0.3 is 35.6 Å². The zero-order valence-electron chi connectivity index (χ0n) is 20.2. The van der Waals surface area contributed by atoms with Crippen LogP contribution in [0, 0.1) is 11.8 Å². The second-order valence-electron chi connectivity index (χ2n) is 11.4. The quantitative estimate of drug-likeness (QED) is 0.112. The van der Waals surface area contributed by atoms with Crippen molar-refractivity contribution in [3.8, 4) is 0 Å². The van der Waals surface area contributed by atoms with Crippen molar-refractivity contribution in [3.05, 3.63) is 0 Å². The molecule has 0 aromatic carbocycles. The zero-order valence-corrected chi connectivity index (χ0v) is 21.0. The van der Waals surface area contributed by atoms with Gasteiger partial charge in [-0.25, -0.2) is 9.65 Å². The van der Waals surface area contributed by atoms with Gasteiger partial charge < -0.3 is 9.47 Å². The van der Waals surface area contributed by atoms with Gasteiger partial charge in [0, 0.05) is 6.42 Å². The van der Waals surface area contributed by atoms with E-state index in [1.807, 2.05) is 0 Å². The maximum Gasteiger partial charge on any atom is 0.384 e. The fourth-order valence-electron chi connectivity index (χ4n) is 6.56. The number of alkyl halides is 11. The Kier molecular flexibility index (Phi) is 6.88. The van der Waals surface area contributed by atoms with Crippen LogP contribution < -0.4 is 0 Å². The summed E-state index contributed by atoms with van der Waals surface area (Å²) in [5.41, 5.74) is -9.49. The van der Waals surface area contributed by atoms with E-state index in [0.29, 0.717) is 18.5 Å². The van der Waals surface area contributed by atoms with Crippen molar-refractivity contribution in [2.45, 2.75) is 104 Å². The standard InChI is InChI=1S/C21H23F11O6S/c1-13(2,39-38-37-34)12(33)36-15-6-10-3-11(7-15)5-14(4-10,8-15)35-9-16(22)17(23,24)19(27,28)21(31,32)20(29,30)18(16,25)26/h10-11,34H,3-9H2,1-2H3. The molecule has 6 nitrogen and oxygen atoms in total. The van der Waals surface area contributed by atoms with Gasteiger partial charge in [-0.1, -0.05) is 5.04 Å². The van der Waals surface area contributed by atoms with Crippen molar-refractivity contribution in [2.24, 2.45) is 11.8 Å². The molecular weight excluding hydrogens is 589 g/mol. The molecule has 0 radical (unpaired) electrons. The number of ether oxygens (including phenoxy) is 2. The van der Waals surface area contributed by atoms with Crippen LogP contribution in [0.3, 0.4) is 0 Å². The number of hydrogen-bond acceptors (Lipinski definition) is 7. The van der Waals surface area contributed by atoms with Crippen LogP contribution in [-0.2, 0) is 23.6 Å². The van der Waals surface area contributed by atoms with Gasteiger partial charge in [-0.15, -0.1) is 4.33 Å². The molecule has 0 saturated heterocycles. The van der Waals surface area contributed by atoms with Crippen LogP contribution in [-0.4, -0.2) is 69.1 Å². The third-order valence-corrected chi connectivity index (χ3v) is 8.89. The maximum absolute atomic E-state index is 15.3. The Hall–Kier alpha value is -1.11. The number of hydrogen-bond donors (Lipinski definition) is 1. The van der Waals surface area contributed by atoms with Crippen molar-refractivity contribution < 1.29 is 77.2 Å². The Morgan fingerprint density at radius 3 is 1.69 bits per heavy atom. The summed E-state index contributed by atoms with van der Waals surface area (Å²) in [5.74, 6) is -37.4. The molecule has 0 heterocycles. The number of carbonyl (C=O) groups excluding carboxylic acids is 1. The van der Waals surface area contributed by atoms with E-state index in [1.165, 1.54) is 13.8 Å². The molecular formula is C21H23F11O6S. The zero-order chi connectivity index (χ0) is 29.7. The summed E-state index contributed by atoms with van der Waals surface area (Å²) in [6, 6.07) is 0. The van der Waals surface area contributed by atoms with Crippen LogP contribution >= 0.6 is 12.0 Å². The van der Waals surface area contributed by atoms with E-state index in [4.69, 9.17) is 14.7 Å². The average Bonchev–Trinajstić information content (AvgIpc) is 2.78. The SMILES string of the molecule is CC(C)(SOOO)C(=O)OC12CC3CC(CC(OCC4(F)C(F)(F)C(F)(F)C(F)(F)C(F)(F)C4(F)F)(C3)C1)C2. The van der Waals surface area contributed by atoms with Gasteiger partial charge in [0.05, 0.1) is 24.3 Å². The third kappa shape index (κ3) is 4.00. The van der Waals surface area contributed by atoms with Gasteiger partial charge in [-0.05, 0) is 57.8 Å². The second-order valence-corrected chi connectivity index (χ2v) is 12.7. The van der Waals surface area contributed by atoms with E-state index in [0.717, 1.165) is 0 Å². The molecule has 4 bridgehead atoms. The van der Waals surface area contributed by atoms with Crippen molar-refractivity contribution in [3.63, 3.8) is 0 Å². The first-order valence-corrected chi connectivity index (χ1v) is 12.3. The lowest BCUT2D eigenvalue weighted by Crippen LogP contribution is -2.84. The van der Waals surface area contributed by atoms with E-state index in [1.54, 1.807) is 0 Å². The Morgan fingerprint density at radius 2 is 1.23 bits per heavy atom. The van der Waals surface area contributed by atoms with Crippen LogP contribution in [0.4, 0.5) is 48.3 Å². The highest BCUT2D eigenvalue weighted by Crippen LogP contribution is 2.70. The van der Waals surface area contributed by atoms with Gasteiger partial charge in [0.25, 0.3) is 5.67 Å². The smallest absolute Gasteiger partial charge is 0.384 e. The van der Waals surface area contributed by atoms with Gasteiger partial charge in [-0.3, -0.25) is 4.79 Å². The summed E-state index contributed by atoms with van der Waals surface area (Å²) < 4.78 is 169. The first-order valence-electron chi connectivity index (χ1n) is 11.6. The molecule has 226 valence electrons. The molecule has 1 N–H and O–H groups in total. The topological polar surface area (TPSA) is 74.2 Å². The molecule has 5 saturated carbocycles. The number of carbonyl (C=O) groups is 1. The monoisotopic (exact) mass is 612 g/mol. The van der Waals surface area contributed by atoms with Gasteiger partial charge in [0.1, 0.15) is 10.3 Å². The van der Waals surface area contributed by atoms with Crippen LogP contribution in [0.25, 0.3) is 0 Å². The molecule has 2 atom stereocenters. The summed E-state index contributed by atoms with van der Waals surface area (Å²) in [7, 11) is 0. The van der Waals surface area contributed by atoms with Gasteiger partial charge in [0.15, 0.2) is 0 Å². The minimum atomic E-state index is -7.29. The first kappa shape index (κ1) is 30.8. The normalized spacial score (nSPS) is 38.4. The highest BCUT2D eigenvalue weighted by molar-refractivity contribution is 7.96. The maximum atomic E-state index is 15.3. The Bertz CT molecular complexity index is 963. The van der Waals surface area contributed by atoms with Crippen LogP contribution in [0.1, 0.15) is 52.4 Å². The fraction of sp³-hybridized carbons (Fsp3) is 0.952. The minimum Gasteiger partial charge on any atom is -0.458 e. The lowest BCUT2D eigenvalue weighted by molar-refractivity contribution is -0.489. The summed E-state index contributed by atoms with van der Waals surface area (Å²) in [6.45, 7) is -0.148. The van der Waals surface area contributed by atoms with Crippen LogP contribution in [0.15, 0.2) is 0 Å². The summed E-state index contributed by atoms with van der Waals surface area (Å²) in [6.07, 6.45) is 0.144. The highest BCUT2D eigenvalue weighted by Gasteiger charge is 3.01. The minimum absolute atomic E-state index is 0.126. The average molecular weight is 612 g/mol. The van der Waals surface area contributed by atoms with Crippen molar-refractivity contribution >= 4 is 18.0 Å². The third-order valence-electron chi connectivity index (χ3n) is 8.18. The summed E-state index contributed by atoms with van der Waals surface area (Å²) >= 11 is 0.344. The predicted octanol–water partition coefficient (Wildman–Crippen LogP) is 6.38. The first-order chi connectivity index (χ1) is 17.5. The lowest BCUT2D eigenvalue weighted by Gasteiger charge is -2.61. The Labute approximate surface area is 217 Å². The molecule has 5 fully saturated rings. The molecule has 0 amide bonds. The van der Waals surface area contributed by atoms with Gasteiger partial charge in [-0.2, -0.15) is 43.9 Å². The van der Waals surface area contributed by atoms with Crippen LogP contribution in [0.5, 0.6) is 0 Å². The van der Waals surface area contributed by atoms with Gasteiger partial charge in [0.2, 0.25) is 0 Å². The number of esters is 1. The molecule has 0 aliphatic heterocycles. The van der Waals surface area contributed by atoms with Crippen molar-refractivity contribution in [2.75, 3.05) is 6.61 Å². The Morgan fingerprint density at radius 1 is 0.795 bits per heavy atom. The number of halogens is 11. The van der Waals surface area contributed by atoms with E-state index in [-0.39, 0.29) is 25.7 Å². The molecule has 2 unspecified atom stereocenters. The fourth-order valence-corrected chi connectivity index (χ4v) is 6.87. The summed E-state index contributed by atoms with van der Waals surface area (Å²) in [4.78, 5) is 12.8. The van der Waals surface area contributed by atoms with Crippen LogP contribution in [0.2, 0.25) is 0 Å². The Balaban J connectivity index is 1.62. The molecule has 0 aromatic rings. The van der Waals surface area contributed by atoms with E-state index in [2.05, 4.69) is 9.37 Å². The summed E-state index contributed by atoms with van der Waals surface area (Å²) in [5, 5.41) is 11.8.